The van der Waals surface area contributed by atoms with Gasteiger partial charge >= 0.3 is 0 Å². The van der Waals surface area contributed by atoms with Gasteiger partial charge in [-0.2, -0.15) is 0 Å². The monoisotopic (exact) mass is 855 g/mol. The summed E-state index contributed by atoms with van der Waals surface area (Å²) in [6, 6.07) is 23.4. The number of nitrogens with zero attached hydrogens (tertiary/aromatic N) is 7. The van der Waals surface area contributed by atoms with Gasteiger partial charge in [-0.1, -0.05) is 30.3 Å². The molecule has 1 atom stereocenters. The number of fused-ring (bicyclic) bond motifs is 1. The predicted octanol–water partition coefficient (Wildman–Crippen LogP) is 4.93. The number of anilines is 4. The first-order chi connectivity index (χ1) is 30.7. The molecular weight excluding hydrogens is 799 g/mol. The predicted molar refractivity (Wildman–Crippen MR) is 240 cm³/mol. The highest BCUT2D eigenvalue weighted by Crippen LogP contribution is 2.46. The van der Waals surface area contributed by atoms with Crippen LogP contribution < -0.4 is 35.2 Å². The molecule has 6 heterocycles. The number of para-hydroxylation sites is 2. The van der Waals surface area contributed by atoms with Crippen molar-refractivity contribution in [3.63, 3.8) is 0 Å². The van der Waals surface area contributed by atoms with Crippen molar-refractivity contribution in [2.24, 2.45) is 0 Å². The molecule has 4 saturated heterocycles. The Morgan fingerprint density at radius 2 is 1.68 bits per heavy atom. The van der Waals surface area contributed by atoms with Crippen molar-refractivity contribution in [2.45, 2.75) is 81.4 Å². The summed E-state index contributed by atoms with van der Waals surface area (Å²) in [4.78, 5) is 49.4. The zero-order valence-corrected chi connectivity index (χ0v) is 35.8. The second-order valence-corrected chi connectivity index (χ2v) is 18.1. The average molecular weight is 856 g/mol. The average Bonchev–Trinajstić information content (AvgIpc) is 3.29. The number of aromatic hydroxyl groups is 1. The van der Waals surface area contributed by atoms with Crippen molar-refractivity contribution in [1.29, 1.82) is 0 Å². The first-order valence-electron chi connectivity index (χ1n) is 22.8. The molecule has 0 unspecified atom stereocenters. The highest BCUT2D eigenvalue weighted by molar-refractivity contribution is 6.02. The summed E-state index contributed by atoms with van der Waals surface area (Å²) in [5, 5.41) is 21.6. The van der Waals surface area contributed by atoms with E-state index < -0.39 is 0 Å². The normalized spacial score (nSPS) is 22.0. The van der Waals surface area contributed by atoms with Crippen LogP contribution in [0.1, 0.15) is 69.3 Å². The molecule has 10 rings (SSSR count). The maximum absolute atomic E-state index is 13.6. The van der Waals surface area contributed by atoms with E-state index in [0.717, 1.165) is 99.8 Å². The molecule has 3 aromatic carbocycles. The van der Waals surface area contributed by atoms with Crippen LogP contribution in [0.4, 0.5) is 22.9 Å². The maximum atomic E-state index is 13.6. The number of nitrogens with two attached hydrogens (primary N) is 1. The molecule has 63 heavy (non-hydrogen) atoms. The molecule has 3 amide bonds. The van der Waals surface area contributed by atoms with Crippen LogP contribution in [-0.4, -0.2) is 126 Å². The van der Waals surface area contributed by atoms with Crippen LogP contribution in [0.3, 0.4) is 0 Å². The molecule has 1 aliphatic carbocycles. The van der Waals surface area contributed by atoms with Crippen LogP contribution >= 0.6 is 0 Å². The van der Waals surface area contributed by atoms with Crippen molar-refractivity contribution in [1.82, 2.24) is 25.3 Å². The lowest BCUT2D eigenvalue weighted by Gasteiger charge is -2.57. The molecule has 1 spiro atoms. The number of piperazine rings is 1. The topological polar surface area (TPSA) is 170 Å². The van der Waals surface area contributed by atoms with E-state index in [0.29, 0.717) is 68.6 Å². The molecule has 5 fully saturated rings. The van der Waals surface area contributed by atoms with Gasteiger partial charge in [0.25, 0.3) is 0 Å². The Hall–Kier alpha value is -6.09. The first-order valence-corrected chi connectivity index (χ1v) is 22.8. The molecule has 1 saturated carbocycles. The van der Waals surface area contributed by atoms with E-state index in [1.54, 1.807) is 12.1 Å². The lowest BCUT2D eigenvalue weighted by Crippen LogP contribution is -2.66. The van der Waals surface area contributed by atoms with Gasteiger partial charge in [-0.15, -0.1) is 10.2 Å². The maximum Gasteiger partial charge on any atom is 0.249 e. The zero-order chi connectivity index (χ0) is 43.1. The van der Waals surface area contributed by atoms with Crippen LogP contribution in [-0.2, 0) is 14.4 Å². The number of amides is 3. The third-order valence-electron chi connectivity index (χ3n) is 14.4. The van der Waals surface area contributed by atoms with E-state index in [9.17, 15) is 19.5 Å². The summed E-state index contributed by atoms with van der Waals surface area (Å²) >= 11 is 0. The Balaban J connectivity index is 0.710. The van der Waals surface area contributed by atoms with Gasteiger partial charge in [-0.25, -0.2) is 0 Å². The number of piperidine rings is 3. The van der Waals surface area contributed by atoms with E-state index >= 15 is 0 Å². The number of hydrogen-bond acceptors (Lipinski definition) is 13. The van der Waals surface area contributed by atoms with Gasteiger partial charge < -0.3 is 39.9 Å². The fourth-order valence-corrected chi connectivity index (χ4v) is 10.8. The minimum Gasteiger partial charge on any atom is -0.507 e. The number of imide groups is 1. The van der Waals surface area contributed by atoms with Gasteiger partial charge in [0.15, 0.2) is 5.82 Å². The summed E-state index contributed by atoms with van der Waals surface area (Å²) in [5.74, 6) is 2.31. The number of nitrogen functional groups attached to an aromatic ring is 1. The van der Waals surface area contributed by atoms with Crippen molar-refractivity contribution in [3.05, 3.63) is 78.4 Å². The van der Waals surface area contributed by atoms with Crippen LogP contribution in [0.2, 0.25) is 0 Å². The van der Waals surface area contributed by atoms with Gasteiger partial charge in [0.05, 0.1) is 35.7 Å². The van der Waals surface area contributed by atoms with Crippen molar-refractivity contribution < 1.29 is 29.0 Å². The van der Waals surface area contributed by atoms with Crippen LogP contribution in [0, 0.1) is 0 Å². The van der Waals surface area contributed by atoms with Crippen LogP contribution in [0.15, 0.2) is 72.8 Å². The molecule has 330 valence electrons. The highest BCUT2D eigenvalue weighted by Gasteiger charge is 2.47. The number of phenols is 1. The SMILES string of the molecule is Nc1nnc(-c2ccccc2O)cc1N1CCN(c2cccc(OC3CCN(C(=O)CN4CCC(c5cccc6c5OCCN6[C@H]5CCC(=O)NC5=O)CC4)CC3)c2)C2(CCC2)C1. The lowest BCUT2D eigenvalue weighted by molar-refractivity contribution is -0.135. The summed E-state index contributed by atoms with van der Waals surface area (Å²) in [7, 11) is 0. The Morgan fingerprint density at radius 1 is 0.873 bits per heavy atom. The molecule has 6 aliphatic rings. The Morgan fingerprint density at radius 3 is 2.46 bits per heavy atom. The second kappa shape index (κ2) is 17.2. The van der Waals surface area contributed by atoms with Gasteiger partial charge in [-0.05, 0) is 99.5 Å². The zero-order valence-electron chi connectivity index (χ0n) is 35.8. The van der Waals surface area contributed by atoms with Crippen molar-refractivity contribution >= 4 is 40.6 Å². The Bertz CT molecular complexity index is 2360. The van der Waals surface area contributed by atoms with Crippen molar-refractivity contribution in [3.8, 4) is 28.5 Å². The third-order valence-corrected chi connectivity index (χ3v) is 14.4. The largest absolute Gasteiger partial charge is 0.507 e. The van der Waals surface area contributed by atoms with Gasteiger partial charge in [0.2, 0.25) is 17.7 Å². The fraction of sp³-hybridized carbons (Fsp3) is 0.479. The number of ether oxygens (including phenoxy) is 2. The molecule has 15 nitrogen and oxygen atoms in total. The molecule has 0 radical (unpaired) electrons. The Kier molecular flexibility index (Phi) is 11.2. The number of aromatic nitrogens is 2. The van der Waals surface area contributed by atoms with E-state index in [1.807, 2.05) is 41.3 Å². The smallest absolute Gasteiger partial charge is 0.249 e. The Labute approximate surface area is 368 Å². The number of nitrogens with one attached hydrogen (secondary N) is 1. The number of likely N-dealkylation sites (tertiary alicyclic amines) is 2. The van der Waals surface area contributed by atoms with E-state index in [-0.39, 0.29) is 41.2 Å². The van der Waals surface area contributed by atoms with Gasteiger partial charge in [-0.3, -0.25) is 24.6 Å². The van der Waals surface area contributed by atoms with E-state index in [2.05, 4.69) is 59.4 Å². The fourth-order valence-electron chi connectivity index (χ4n) is 10.8. The quantitative estimate of drug-likeness (QED) is 0.194. The van der Waals surface area contributed by atoms with E-state index in [4.69, 9.17) is 15.2 Å². The van der Waals surface area contributed by atoms with Crippen LogP contribution in [0.5, 0.6) is 17.2 Å². The summed E-state index contributed by atoms with van der Waals surface area (Å²) < 4.78 is 12.9. The molecular formula is C48H57N9O6. The molecule has 5 aliphatic heterocycles. The molecule has 0 bridgehead atoms. The minimum atomic E-state index is -0.374. The summed E-state index contributed by atoms with van der Waals surface area (Å²) in [5.41, 5.74) is 11.7. The van der Waals surface area contributed by atoms with Gasteiger partial charge in [0, 0.05) is 69.3 Å². The number of rotatable bonds is 9. The molecule has 4 N–H and O–H groups in total. The standard InChI is InChI=1S/C48H57N9O6/c49-46-41(29-38(51-52-46)37-8-1-2-11-42(37)58)55-24-25-57(48(31-55)18-5-19-48)33-6-3-7-35(28-33)63-34-16-22-54(23-17-34)44(60)30-53-20-14-32(15-21-53)36-9-4-10-39-45(36)62-27-26-56(39)40-12-13-43(59)50-47(40)61/h1-4,6-11,28-29,32,34,40,58H,5,12-27,30-31H2,(H2,49,52)(H,50,59,61)/t40-/m0/s1. The summed E-state index contributed by atoms with van der Waals surface area (Å²) in [6.45, 7) is 6.95. The number of phenolic OH excluding ortho intramolecular Hbond substituents is 1. The van der Waals surface area contributed by atoms with Crippen LogP contribution in [0.25, 0.3) is 11.3 Å². The van der Waals surface area contributed by atoms with Gasteiger partial charge in [0.1, 0.15) is 36.0 Å². The third kappa shape index (κ3) is 8.18. The number of benzene rings is 3. The van der Waals surface area contributed by atoms with Crippen molar-refractivity contribution in [2.75, 3.05) is 85.9 Å². The second-order valence-electron chi connectivity index (χ2n) is 18.1. The highest BCUT2D eigenvalue weighted by atomic mass is 16.5. The van der Waals surface area contributed by atoms with E-state index in [1.165, 1.54) is 12.0 Å². The number of hydrogen-bond donors (Lipinski definition) is 3. The molecule has 15 heteroatoms. The first kappa shape index (κ1) is 41.0. The minimum absolute atomic E-state index is 0.0284. The molecule has 4 aromatic rings. The molecule has 1 aromatic heterocycles. The lowest BCUT2D eigenvalue weighted by atomic mass is 9.73. The number of carbonyl (C=O) groups excluding carboxylic acids is 3. The number of carbonyl (C=O) groups is 3. The summed E-state index contributed by atoms with van der Waals surface area (Å²) in [6.07, 6.45) is 7.67.